The number of rotatable bonds is 6. The molecule has 0 bridgehead atoms. The molecule has 1 fully saturated rings. The van der Waals surface area contributed by atoms with E-state index < -0.39 is 17.2 Å². The summed E-state index contributed by atoms with van der Waals surface area (Å²) in [6.45, 7) is 1.15. The summed E-state index contributed by atoms with van der Waals surface area (Å²) in [5.41, 5.74) is 6.07. The molecule has 9 heteroatoms. The van der Waals surface area contributed by atoms with Gasteiger partial charge in [0.1, 0.15) is 0 Å². The van der Waals surface area contributed by atoms with Gasteiger partial charge in [0, 0.05) is 30.4 Å². The van der Waals surface area contributed by atoms with Crippen molar-refractivity contribution in [3.63, 3.8) is 0 Å². The van der Waals surface area contributed by atoms with Gasteiger partial charge in [0.15, 0.2) is 17.5 Å². The van der Waals surface area contributed by atoms with Crippen LogP contribution >= 0.6 is 0 Å². The lowest BCUT2D eigenvalue weighted by molar-refractivity contribution is -0.137. The molecule has 0 unspecified atom stereocenters. The van der Waals surface area contributed by atoms with E-state index in [1.807, 2.05) is 0 Å². The maximum absolute atomic E-state index is 13.2. The number of nitrogens with two attached hydrogens (primary N) is 1. The van der Waals surface area contributed by atoms with Crippen LogP contribution < -0.4 is 20.5 Å². The molecule has 6 nitrogen and oxygen atoms in total. The molecule has 0 radical (unpaired) electrons. The van der Waals surface area contributed by atoms with E-state index in [0.717, 1.165) is 6.07 Å². The van der Waals surface area contributed by atoms with Crippen molar-refractivity contribution in [2.24, 2.45) is 10.7 Å². The Morgan fingerprint density at radius 1 is 1.10 bits per heavy atom. The van der Waals surface area contributed by atoms with Crippen molar-refractivity contribution in [3.8, 4) is 11.5 Å². The maximum Gasteiger partial charge on any atom is 0.416 e. The lowest BCUT2D eigenvalue weighted by Crippen LogP contribution is -2.38. The monoisotopic (exact) mass is 437 g/mol. The van der Waals surface area contributed by atoms with Crippen LogP contribution in [0.25, 0.3) is 0 Å². The number of halogens is 3. The second kappa shape index (κ2) is 9.47. The molecule has 0 saturated carbocycles. The molecule has 0 aromatic heterocycles. The van der Waals surface area contributed by atoms with E-state index in [1.165, 1.54) is 19.2 Å². The maximum atomic E-state index is 13.2. The smallest absolute Gasteiger partial charge is 0.416 e. The molecule has 0 amide bonds. The molecule has 1 aliphatic rings. The molecule has 0 atom stereocenters. The quantitative estimate of drug-likeness (QED) is 0.523. The van der Waals surface area contributed by atoms with Gasteiger partial charge in [0.25, 0.3) is 0 Å². The molecule has 2 aromatic rings. The summed E-state index contributed by atoms with van der Waals surface area (Å²) in [6.07, 6.45) is -3.29. The Kier molecular flexibility index (Phi) is 6.94. The highest BCUT2D eigenvalue weighted by Gasteiger charge is 2.37. The van der Waals surface area contributed by atoms with E-state index in [4.69, 9.17) is 19.9 Å². The molecule has 3 rings (SSSR count). The molecule has 1 aliphatic heterocycles. The van der Waals surface area contributed by atoms with Gasteiger partial charge < -0.3 is 25.3 Å². The highest BCUT2D eigenvalue weighted by Crippen LogP contribution is 2.38. The predicted octanol–water partition coefficient (Wildman–Crippen LogP) is 4.20. The van der Waals surface area contributed by atoms with Crippen LogP contribution in [-0.4, -0.2) is 39.9 Å². The van der Waals surface area contributed by atoms with E-state index in [1.54, 1.807) is 31.4 Å². The minimum Gasteiger partial charge on any atom is -0.493 e. The van der Waals surface area contributed by atoms with Crippen LogP contribution in [0.15, 0.2) is 47.5 Å². The van der Waals surface area contributed by atoms with Crippen molar-refractivity contribution in [3.05, 3.63) is 53.6 Å². The van der Waals surface area contributed by atoms with Gasteiger partial charge in [-0.15, -0.1) is 0 Å². The zero-order valence-electron chi connectivity index (χ0n) is 17.5. The molecule has 168 valence electrons. The first-order valence-corrected chi connectivity index (χ1v) is 9.82. The van der Waals surface area contributed by atoms with Crippen molar-refractivity contribution in [2.45, 2.75) is 24.4 Å². The Bertz CT molecular complexity index is 926. The summed E-state index contributed by atoms with van der Waals surface area (Å²) in [7, 11) is 3.07. The average molecular weight is 437 g/mol. The third-order valence-electron chi connectivity index (χ3n) is 5.46. The van der Waals surface area contributed by atoms with Crippen molar-refractivity contribution >= 4 is 11.6 Å². The Morgan fingerprint density at radius 3 is 2.45 bits per heavy atom. The second-order valence-corrected chi connectivity index (χ2v) is 7.37. The van der Waals surface area contributed by atoms with E-state index in [-0.39, 0.29) is 12.5 Å². The van der Waals surface area contributed by atoms with Crippen LogP contribution in [0.4, 0.5) is 18.9 Å². The van der Waals surface area contributed by atoms with Gasteiger partial charge in [-0.05, 0) is 36.6 Å². The fraction of sp³-hybridized carbons (Fsp3) is 0.409. The number of benzene rings is 2. The molecule has 1 heterocycles. The molecule has 31 heavy (non-hydrogen) atoms. The van der Waals surface area contributed by atoms with Gasteiger partial charge in [-0.2, -0.15) is 13.2 Å². The summed E-state index contributed by atoms with van der Waals surface area (Å²) in [5.74, 6) is 1.27. The number of methoxy groups -OCH3 is 2. The summed E-state index contributed by atoms with van der Waals surface area (Å²) < 4.78 is 55.6. The van der Waals surface area contributed by atoms with Crippen molar-refractivity contribution < 1.29 is 27.4 Å². The van der Waals surface area contributed by atoms with Crippen LogP contribution in [0.5, 0.6) is 11.5 Å². The Hall–Kier alpha value is -2.94. The minimum absolute atomic E-state index is 0.157. The number of nitrogens with one attached hydrogen (secondary N) is 1. The van der Waals surface area contributed by atoms with E-state index >= 15 is 0 Å². The number of hydrogen-bond acceptors (Lipinski definition) is 4. The fourth-order valence-corrected chi connectivity index (χ4v) is 3.66. The summed E-state index contributed by atoms with van der Waals surface area (Å²) in [5, 5.41) is 2.99. The second-order valence-electron chi connectivity index (χ2n) is 7.37. The topological polar surface area (TPSA) is 78.1 Å². The highest BCUT2D eigenvalue weighted by atomic mass is 19.4. The number of alkyl halides is 3. The van der Waals surface area contributed by atoms with Crippen molar-refractivity contribution in [1.82, 2.24) is 0 Å². The summed E-state index contributed by atoms with van der Waals surface area (Å²) in [4.78, 5) is 4.46. The molecule has 0 aliphatic carbocycles. The van der Waals surface area contributed by atoms with Crippen molar-refractivity contribution in [1.29, 1.82) is 0 Å². The van der Waals surface area contributed by atoms with E-state index in [9.17, 15) is 13.2 Å². The number of aliphatic imine (C=N–C) groups is 1. The first-order valence-electron chi connectivity index (χ1n) is 9.82. The number of ether oxygens (including phenoxy) is 3. The van der Waals surface area contributed by atoms with Gasteiger partial charge in [-0.3, -0.25) is 4.99 Å². The summed E-state index contributed by atoms with van der Waals surface area (Å²) in [6, 6.07) is 10.7. The number of anilines is 1. The molecule has 0 spiro atoms. The number of guanidine groups is 1. The molecule has 2 aromatic carbocycles. The molecule has 3 N–H and O–H groups in total. The first kappa shape index (κ1) is 22.7. The normalized spacial score (nSPS) is 16.6. The van der Waals surface area contributed by atoms with Gasteiger partial charge in [0.2, 0.25) is 0 Å². The zero-order chi connectivity index (χ0) is 22.5. The summed E-state index contributed by atoms with van der Waals surface area (Å²) >= 11 is 0. The average Bonchev–Trinajstić information content (AvgIpc) is 2.78. The third kappa shape index (κ3) is 5.41. The predicted molar refractivity (Wildman–Crippen MR) is 113 cm³/mol. The fourth-order valence-electron chi connectivity index (χ4n) is 3.66. The van der Waals surface area contributed by atoms with Gasteiger partial charge >= 0.3 is 6.18 Å². The van der Waals surface area contributed by atoms with Gasteiger partial charge in [0.05, 0.1) is 26.3 Å². The van der Waals surface area contributed by atoms with Crippen LogP contribution in [-0.2, 0) is 16.3 Å². The molecular weight excluding hydrogens is 411 g/mol. The largest absolute Gasteiger partial charge is 0.493 e. The Morgan fingerprint density at radius 2 is 1.81 bits per heavy atom. The lowest BCUT2D eigenvalue weighted by Gasteiger charge is -2.37. The third-order valence-corrected chi connectivity index (χ3v) is 5.46. The van der Waals surface area contributed by atoms with Crippen LogP contribution in [0.2, 0.25) is 0 Å². The van der Waals surface area contributed by atoms with Crippen LogP contribution in [0.1, 0.15) is 24.0 Å². The van der Waals surface area contributed by atoms with Crippen LogP contribution in [0.3, 0.4) is 0 Å². The lowest BCUT2D eigenvalue weighted by atomic mass is 9.74. The van der Waals surface area contributed by atoms with E-state index in [2.05, 4.69) is 10.3 Å². The first-order chi connectivity index (χ1) is 14.8. The minimum atomic E-state index is -4.40. The number of nitrogens with zero attached hydrogens (tertiary/aromatic N) is 1. The van der Waals surface area contributed by atoms with Gasteiger partial charge in [-0.25, -0.2) is 0 Å². The zero-order valence-corrected chi connectivity index (χ0v) is 17.5. The molecular formula is C22H26F3N3O3. The highest BCUT2D eigenvalue weighted by molar-refractivity contribution is 5.92. The Balaban J connectivity index is 1.82. The standard InChI is InChI=1S/C22H26F3N3O3/c1-29-18-7-6-17(13-19(18)30-2)28-20(26)27-14-21(8-10-31-11-9-21)15-4-3-5-16(12-15)22(23,24)25/h3-7,12-13H,8-11,14H2,1-2H3,(H3,26,27,28). The Labute approximate surface area is 179 Å². The molecule has 1 saturated heterocycles. The van der Waals surface area contributed by atoms with E-state index in [0.29, 0.717) is 48.8 Å². The SMILES string of the molecule is COc1ccc(NC(N)=NCC2(c3cccc(C(F)(F)F)c3)CCOCC2)cc1OC. The number of hydrogen-bond donors (Lipinski definition) is 2. The van der Waals surface area contributed by atoms with Gasteiger partial charge in [-0.1, -0.05) is 18.2 Å². The van der Waals surface area contributed by atoms with Crippen molar-refractivity contribution in [2.75, 3.05) is 39.3 Å². The van der Waals surface area contributed by atoms with Crippen LogP contribution in [0, 0.1) is 0 Å².